The van der Waals surface area contributed by atoms with Crippen LogP contribution in [0.1, 0.15) is 51.4 Å². The van der Waals surface area contributed by atoms with Gasteiger partial charge in [0.2, 0.25) is 11.8 Å². The van der Waals surface area contributed by atoms with Crippen molar-refractivity contribution in [3.8, 4) is 0 Å². The van der Waals surface area contributed by atoms with E-state index >= 15 is 0 Å². The summed E-state index contributed by atoms with van der Waals surface area (Å²) in [6, 6.07) is 2.92. The highest BCUT2D eigenvalue weighted by Gasteiger charge is 2.54. The Morgan fingerprint density at radius 3 is 2.07 bits per heavy atom. The molecule has 5 rings (SSSR count). The monoisotopic (exact) mass is 376 g/mol. The van der Waals surface area contributed by atoms with Crippen molar-refractivity contribution in [2.75, 3.05) is 11.9 Å². The van der Waals surface area contributed by atoms with Crippen molar-refractivity contribution < 1.29 is 18.4 Å². The first-order valence-corrected chi connectivity index (χ1v) is 9.96. The molecule has 146 valence electrons. The summed E-state index contributed by atoms with van der Waals surface area (Å²) in [4.78, 5) is 24.7. The first kappa shape index (κ1) is 18.4. The number of halogens is 2. The fourth-order valence-corrected chi connectivity index (χ4v) is 5.88. The van der Waals surface area contributed by atoms with Crippen LogP contribution in [0.5, 0.6) is 0 Å². The van der Waals surface area contributed by atoms with Gasteiger partial charge in [0.05, 0.1) is 0 Å². The second-order valence-electron chi connectivity index (χ2n) is 8.76. The van der Waals surface area contributed by atoms with Crippen LogP contribution in [0.4, 0.5) is 14.5 Å². The molecule has 0 unspecified atom stereocenters. The number of rotatable bonds is 6. The third kappa shape index (κ3) is 3.99. The van der Waals surface area contributed by atoms with E-state index in [0.29, 0.717) is 13.0 Å². The molecule has 0 aliphatic heterocycles. The number of nitrogens with one attached hydrogen (secondary N) is 2. The van der Waals surface area contributed by atoms with E-state index in [9.17, 15) is 18.4 Å². The van der Waals surface area contributed by atoms with Gasteiger partial charge in [0.1, 0.15) is 11.6 Å². The molecule has 0 spiro atoms. The van der Waals surface area contributed by atoms with Crippen molar-refractivity contribution in [2.24, 2.45) is 23.2 Å². The maximum atomic E-state index is 13.1. The van der Waals surface area contributed by atoms with E-state index in [4.69, 9.17) is 0 Å². The topological polar surface area (TPSA) is 58.2 Å². The van der Waals surface area contributed by atoms with Crippen molar-refractivity contribution in [2.45, 2.75) is 51.4 Å². The maximum absolute atomic E-state index is 13.1. The minimum absolute atomic E-state index is 0.107. The number of hydrogen-bond acceptors (Lipinski definition) is 2. The Bertz CT molecular complexity index is 694. The summed E-state index contributed by atoms with van der Waals surface area (Å²) in [5, 5.41) is 5.53. The Kier molecular flexibility index (Phi) is 4.91. The summed E-state index contributed by atoms with van der Waals surface area (Å²) in [5.41, 5.74) is -0.0640. The van der Waals surface area contributed by atoms with E-state index in [1.54, 1.807) is 0 Å². The lowest BCUT2D eigenvalue weighted by atomic mass is 9.49. The fraction of sp³-hybridized carbons (Fsp3) is 0.619. The van der Waals surface area contributed by atoms with Crippen LogP contribution in [0, 0.1) is 34.8 Å². The summed E-state index contributed by atoms with van der Waals surface area (Å²) >= 11 is 0. The van der Waals surface area contributed by atoms with Gasteiger partial charge in [-0.2, -0.15) is 0 Å². The molecule has 0 saturated heterocycles. The van der Waals surface area contributed by atoms with E-state index in [-0.39, 0.29) is 29.3 Å². The maximum Gasteiger partial charge on any atom is 0.226 e. The summed E-state index contributed by atoms with van der Waals surface area (Å²) in [6.07, 6.45) is 7.67. The van der Waals surface area contributed by atoms with Gasteiger partial charge in [-0.15, -0.1) is 0 Å². The van der Waals surface area contributed by atoms with Gasteiger partial charge >= 0.3 is 0 Å². The highest BCUT2D eigenvalue weighted by atomic mass is 19.1. The molecule has 2 amide bonds. The van der Waals surface area contributed by atoms with Gasteiger partial charge in [-0.1, -0.05) is 0 Å². The molecule has 4 bridgehead atoms. The molecular formula is C21H26F2N2O2. The highest BCUT2D eigenvalue weighted by molar-refractivity contribution is 5.90. The number of anilines is 1. The van der Waals surface area contributed by atoms with Gasteiger partial charge in [-0.05, 0) is 74.8 Å². The zero-order valence-electron chi connectivity index (χ0n) is 15.4. The van der Waals surface area contributed by atoms with E-state index in [1.165, 1.54) is 19.3 Å². The van der Waals surface area contributed by atoms with E-state index in [1.807, 2.05) is 0 Å². The third-order valence-corrected chi connectivity index (χ3v) is 6.53. The van der Waals surface area contributed by atoms with Crippen LogP contribution < -0.4 is 10.6 Å². The minimum atomic E-state index is -0.729. The first-order valence-electron chi connectivity index (χ1n) is 9.96. The standard InChI is InChI=1S/C21H26F2N2O2/c22-16-7-17(23)9-18(8-16)25-19(26)2-1-3-24-20(27)21-10-13-4-14(11-21)6-15(5-13)12-21/h7-9,13-15H,1-6,10-12H2,(H,24,27)(H,25,26). The largest absolute Gasteiger partial charge is 0.356 e. The number of hydrogen-bond donors (Lipinski definition) is 2. The van der Waals surface area contributed by atoms with Gasteiger partial charge in [0, 0.05) is 30.1 Å². The second kappa shape index (κ2) is 7.21. The minimum Gasteiger partial charge on any atom is -0.356 e. The summed E-state index contributed by atoms with van der Waals surface area (Å²) < 4.78 is 26.3. The van der Waals surface area contributed by atoms with Crippen LogP contribution >= 0.6 is 0 Å². The lowest BCUT2D eigenvalue weighted by molar-refractivity contribution is -0.146. The summed E-state index contributed by atoms with van der Waals surface area (Å²) in [7, 11) is 0. The van der Waals surface area contributed by atoms with Gasteiger partial charge in [-0.3, -0.25) is 9.59 Å². The predicted octanol–water partition coefficient (Wildman–Crippen LogP) is 4.02. The van der Waals surface area contributed by atoms with Crippen LogP contribution in [-0.4, -0.2) is 18.4 Å². The quantitative estimate of drug-likeness (QED) is 0.737. The molecule has 2 N–H and O–H groups in total. The smallest absolute Gasteiger partial charge is 0.226 e. The van der Waals surface area contributed by atoms with Gasteiger partial charge in [0.25, 0.3) is 0 Å². The first-order chi connectivity index (χ1) is 12.9. The predicted molar refractivity (Wildman–Crippen MR) is 97.8 cm³/mol. The Morgan fingerprint density at radius 1 is 0.963 bits per heavy atom. The van der Waals surface area contributed by atoms with E-state index in [2.05, 4.69) is 10.6 Å². The number of carbonyl (C=O) groups excluding carboxylic acids is 2. The molecular weight excluding hydrogens is 350 g/mol. The lowest BCUT2D eigenvalue weighted by Crippen LogP contribution is -2.53. The van der Waals surface area contributed by atoms with Crippen molar-refractivity contribution in [1.82, 2.24) is 5.32 Å². The molecule has 4 aliphatic carbocycles. The lowest BCUT2D eigenvalue weighted by Gasteiger charge is -2.55. The van der Waals surface area contributed by atoms with E-state index < -0.39 is 11.6 Å². The molecule has 1 aromatic carbocycles. The van der Waals surface area contributed by atoms with Gasteiger partial charge in [-0.25, -0.2) is 8.78 Å². The molecule has 6 heteroatoms. The molecule has 4 aliphatic rings. The molecule has 4 fully saturated rings. The highest BCUT2D eigenvalue weighted by Crippen LogP contribution is 2.60. The Balaban J connectivity index is 1.22. The Labute approximate surface area is 158 Å². The average molecular weight is 376 g/mol. The van der Waals surface area contributed by atoms with Crippen LogP contribution in [-0.2, 0) is 9.59 Å². The Morgan fingerprint density at radius 2 is 1.52 bits per heavy atom. The molecule has 0 radical (unpaired) electrons. The molecule has 4 saturated carbocycles. The SMILES string of the molecule is O=C(CCCNC(=O)C12CC3CC(CC(C3)C1)C2)Nc1cc(F)cc(F)c1. The zero-order valence-corrected chi connectivity index (χ0v) is 15.4. The number of benzene rings is 1. The van der Waals surface area contributed by atoms with Crippen molar-refractivity contribution in [3.63, 3.8) is 0 Å². The summed E-state index contributed by atoms with van der Waals surface area (Å²) in [6.45, 7) is 0.450. The third-order valence-electron chi connectivity index (χ3n) is 6.53. The molecule has 4 nitrogen and oxygen atoms in total. The molecule has 0 atom stereocenters. The molecule has 0 aromatic heterocycles. The van der Waals surface area contributed by atoms with E-state index in [0.717, 1.165) is 55.2 Å². The van der Waals surface area contributed by atoms with Gasteiger partial charge < -0.3 is 10.6 Å². The van der Waals surface area contributed by atoms with Crippen LogP contribution in [0.15, 0.2) is 18.2 Å². The van der Waals surface area contributed by atoms with Crippen LogP contribution in [0.25, 0.3) is 0 Å². The average Bonchev–Trinajstić information content (AvgIpc) is 2.56. The van der Waals surface area contributed by atoms with Crippen molar-refractivity contribution in [1.29, 1.82) is 0 Å². The van der Waals surface area contributed by atoms with Crippen molar-refractivity contribution in [3.05, 3.63) is 29.8 Å². The number of carbonyl (C=O) groups is 2. The normalized spacial score (nSPS) is 31.0. The second-order valence-corrected chi connectivity index (χ2v) is 8.76. The Hall–Kier alpha value is -1.98. The van der Waals surface area contributed by atoms with Crippen LogP contribution in [0.2, 0.25) is 0 Å². The molecule has 27 heavy (non-hydrogen) atoms. The van der Waals surface area contributed by atoms with Gasteiger partial charge in [0.15, 0.2) is 0 Å². The molecule has 0 heterocycles. The summed E-state index contributed by atoms with van der Waals surface area (Å²) in [5.74, 6) is 0.554. The zero-order chi connectivity index (χ0) is 19.0. The van der Waals surface area contributed by atoms with Crippen LogP contribution in [0.3, 0.4) is 0 Å². The molecule has 1 aromatic rings. The van der Waals surface area contributed by atoms with Crippen molar-refractivity contribution >= 4 is 17.5 Å². The fourth-order valence-electron chi connectivity index (χ4n) is 5.88. The number of amides is 2.